The average molecular weight is 267 g/mol. The van der Waals surface area contributed by atoms with Crippen LogP contribution < -0.4 is 0 Å². The molecule has 0 radical (unpaired) electrons. The van der Waals surface area contributed by atoms with Crippen molar-refractivity contribution in [2.24, 2.45) is 0 Å². The largest absolute Gasteiger partial charge is 0.232 e. The summed E-state index contributed by atoms with van der Waals surface area (Å²) in [6, 6.07) is 4.20. The number of hydrogen-bond acceptors (Lipinski definition) is 3. The summed E-state index contributed by atoms with van der Waals surface area (Å²) in [7, 11) is 0. The van der Waals surface area contributed by atoms with E-state index in [1.165, 1.54) is 4.88 Å². The molecule has 2 aromatic heterocycles. The topological polar surface area (TPSA) is 25.8 Å². The summed E-state index contributed by atoms with van der Waals surface area (Å²) >= 11 is 7.88. The summed E-state index contributed by atoms with van der Waals surface area (Å²) < 4.78 is 0. The molecule has 0 spiro atoms. The Hall–Kier alpha value is -0.930. The first-order valence-corrected chi connectivity index (χ1v) is 6.97. The summed E-state index contributed by atoms with van der Waals surface area (Å²) in [5, 5.41) is 0.568. The fraction of sp³-hybridized carbons (Fsp3) is 0.385. The second-order valence-electron chi connectivity index (χ2n) is 3.88. The van der Waals surface area contributed by atoms with Crippen LogP contribution in [0, 0.1) is 6.92 Å². The Morgan fingerprint density at radius 3 is 2.53 bits per heavy atom. The highest BCUT2D eigenvalue weighted by Crippen LogP contribution is 2.28. The van der Waals surface area contributed by atoms with Crippen LogP contribution in [0.4, 0.5) is 0 Å². The van der Waals surface area contributed by atoms with Gasteiger partial charge in [-0.3, -0.25) is 0 Å². The van der Waals surface area contributed by atoms with E-state index >= 15 is 0 Å². The number of hydrogen-bond donors (Lipinski definition) is 0. The standard InChI is InChI=1S/C13H15ClN2S/c1-4-9-6-7-11(17-9)13-15-10(5-2)8(3)12(14)16-13/h6-7H,4-5H2,1-3H3. The molecule has 0 aliphatic carbocycles. The van der Waals surface area contributed by atoms with E-state index in [9.17, 15) is 0 Å². The van der Waals surface area contributed by atoms with Crippen LogP contribution in [-0.4, -0.2) is 9.97 Å². The molecule has 4 heteroatoms. The van der Waals surface area contributed by atoms with Gasteiger partial charge in [-0.15, -0.1) is 11.3 Å². The van der Waals surface area contributed by atoms with Crippen molar-refractivity contribution < 1.29 is 0 Å². The van der Waals surface area contributed by atoms with Gasteiger partial charge in [0.15, 0.2) is 5.82 Å². The van der Waals surface area contributed by atoms with Crippen LogP contribution in [0.1, 0.15) is 30.0 Å². The molecular formula is C13H15ClN2S. The SMILES string of the molecule is CCc1ccc(-c2nc(Cl)c(C)c(CC)n2)s1. The molecule has 0 N–H and O–H groups in total. The number of thiophene rings is 1. The van der Waals surface area contributed by atoms with E-state index in [4.69, 9.17) is 11.6 Å². The molecule has 2 aromatic rings. The molecular weight excluding hydrogens is 252 g/mol. The Kier molecular flexibility index (Phi) is 3.79. The summed E-state index contributed by atoms with van der Waals surface area (Å²) in [5.41, 5.74) is 2.02. The van der Waals surface area contributed by atoms with Crippen molar-refractivity contribution in [3.8, 4) is 10.7 Å². The van der Waals surface area contributed by atoms with Crippen LogP contribution in [-0.2, 0) is 12.8 Å². The molecule has 0 saturated heterocycles. The van der Waals surface area contributed by atoms with Crippen LogP contribution in [0.25, 0.3) is 10.7 Å². The van der Waals surface area contributed by atoms with Crippen LogP contribution in [0.15, 0.2) is 12.1 Å². The third kappa shape index (κ3) is 2.50. The van der Waals surface area contributed by atoms with Gasteiger partial charge < -0.3 is 0 Å². The molecule has 0 aliphatic heterocycles. The first kappa shape index (κ1) is 12.5. The molecule has 0 unspecified atom stereocenters. The molecule has 0 atom stereocenters. The molecule has 17 heavy (non-hydrogen) atoms. The summed E-state index contributed by atoms with van der Waals surface area (Å²) in [5.74, 6) is 0.752. The zero-order valence-corrected chi connectivity index (χ0v) is 11.8. The van der Waals surface area contributed by atoms with Crippen molar-refractivity contribution in [2.75, 3.05) is 0 Å². The van der Waals surface area contributed by atoms with Crippen LogP contribution in [0.2, 0.25) is 5.15 Å². The van der Waals surface area contributed by atoms with Crippen molar-refractivity contribution in [3.63, 3.8) is 0 Å². The van der Waals surface area contributed by atoms with Crippen molar-refractivity contribution in [3.05, 3.63) is 33.4 Å². The molecule has 2 nitrogen and oxygen atoms in total. The molecule has 0 fully saturated rings. The van der Waals surface area contributed by atoms with Crippen LogP contribution in [0.5, 0.6) is 0 Å². The maximum absolute atomic E-state index is 6.14. The minimum atomic E-state index is 0.568. The zero-order chi connectivity index (χ0) is 12.4. The van der Waals surface area contributed by atoms with Crippen molar-refractivity contribution in [2.45, 2.75) is 33.6 Å². The third-order valence-corrected chi connectivity index (χ3v) is 4.35. The Balaban J connectivity index is 2.48. The smallest absolute Gasteiger partial charge is 0.171 e. The molecule has 0 aliphatic rings. The van der Waals surface area contributed by atoms with E-state index in [2.05, 4.69) is 35.9 Å². The van der Waals surface area contributed by atoms with Crippen molar-refractivity contribution >= 4 is 22.9 Å². The zero-order valence-electron chi connectivity index (χ0n) is 10.2. The van der Waals surface area contributed by atoms with E-state index in [-0.39, 0.29) is 0 Å². The number of aromatic nitrogens is 2. The highest BCUT2D eigenvalue weighted by Gasteiger charge is 2.11. The Labute approximate surface area is 111 Å². The highest BCUT2D eigenvalue weighted by atomic mass is 35.5. The molecule has 2 heterocycles. The average Bonchev–Trinajstić information content (AvgIpc) is 2.81. The third-order valence-electron chi connectivity index (χ3n) is 2.75. The van der Waals surface area contributed by atoms with Crippen LogP contribution in [0.3, 0.4) is 0 Å². The van der Waals surface area contributed by atoms with Crippen molar-refractivity contribution in [1.29, 1.82) is 0 Å². The minimum absolute atomic E-state index is 0.568. The Morgan fingerprint density at radius 1 is 1.18 bits per heavy atom. The van der Waals surface area contributed by atoms with E-state index in [1.807, 2.05) is 6.92 Å². The monoisotopic (exact) mass is 266 g/mol. The van der Waals surface area contributed by atoms with E-state index in [0.717, 1.165) is 34.8 Å². The van der Waals surface area contributed by atoms with Gasteiger partial charge in [0.2, 0.25) is 0 Å². The number of aryl methyl sites for hydroxylation is 2. The second kappa shape index (κ2) is 5.15. The predicted octanol–water partition coefficient (Wildman–Crippen LogP) is 4.29. The first-order chi connectivity index (χ1) is 8.15. The van der Waals surface area contributed by atoms with Gasteiger partial charge in [0.05, 0.1) is 4.88 Å². The van der Waals surface area contributed by atoms with Gasteiger partial charge in [0, 0.05) is 16.1 Å². The predicted molar refractivity (Wildman–Crippen MR) is 73.8 cm³/mol. The van der Waals surface area contributed by atoms with Gasteiger partial charge >= 0.3 is 0 Å². The number of rotatable bonds is 3. The maximum atomic E-state index is 6.14. The highest BCUT2D eigenvalue weighted by molar-refractivity contribution is 7.15. The maximum Gasteiger partial charge on any atom is 0.171 e. The summed E-state index contributed by atoms with van der Waals surface area (Å²) in [4.78, 5) is 11.4. The first-order valence-electron chi connectivity index (χ1n) is 5.77. The van der Waals surface area contributed by atoms with Gasteiger partial charge in [0.25, 0.3) is 0 Å². The van der Waals surface area contributed by atoms with Gasteiger partial charge in [-0.05, 0) is 31.9 Å². The lowest BCUT2D eigenvalue weighted by atomic mass is 10.2. The molecule has 0 amide bonds. The molecule has 0 bridgehead atoms. The van der Waals surface area contributed by atoms with E-state index in [0.29, 0.717) is 5.15 Å². The Bertz CT molecular complexity index is 534. The lowest BCUT2D eigenvalue weighted by Gasteiger charge is -2.06. The van der Waals surface area contributed by atoms with Gasteiger partial charge in [0.1, 0.15) is 5.15 Å². The fourth-order valence-corrected chi connectivity index (χ4v) is 2.75. The number of nitrogens with zero attached hydrogens (tertiary/aromatic N) is 2. The quantitative estimate of drug-likeness (QED) is 0.775. The lowest BCUT2D eigenvalue weighted by Crippen LogP contribution is -1.98. The van der Waals surface area contributed by atoms with E-state index < -0.39 is 0 Å². The van der Waals surface area contributed by atoms with Crippen LogP contribution >= 0.6 is 22.9 Å². The second-order valence-corrected chi connectivity index (χ2v) is 5.41. The van der Waals surface area contributed by atoms with Crippen molar-refractivity contribution in [1.82, 2.24) is 9.97 Å². The minimum Gasteiger partial charge on any atom is -0.232 e. The fourth-order valence-electron chi connectivity index (χ4n) is 1.68. The van der Waals surface area contributed by atoms with Gasteiger partial charge in [-0.25, -0.2) is 9.97 Å². The van der Waals surface area contributed by atoms with Gasteiger partial charge in [-0.2, -0.15) is 0 Å². The van der Waals surface area contributed by atoms with E-state index in [1.54, 1.807) is 11.3 Å². The normalized spacial score (nSPS) is 10.8. The Morgan fingerprint density at radius 2 is 1.94 bits per heavy atom. The number of halogens is 1. The summed E-state index contributed by atoms with van der Waals surface area (Å²) in [6.07, 6.45) is 1.93. The summed E-state index contributed by atoms with van der Waals surface area (Å²) in [6.45, 7) is 6.20. The lowest BCUT2D eigenvalue weighted by molar-refractivity contribution is 0.979. The molecule has 2 rings (SSSR count). The molecule has 0 saturated carbocycles. The molecule has 0 aromatic carbocycles. The molecule has 90 valence electrons. The van der Waals surface area contributed by atoms with Gasteiger partial charge in [-0.1, -0.05) is 25.4 Å².